The summed E-state index contributed by atoms with van der Waals surface area (Å²) in [5.74, 6) is -0.629. The maximum absolute atomic E-state index is 15.2. The van der Waals surface area contributed by atoms with Crippen LogP contribution in [0.4, 0.5) is 4.39 Å². The average Bonchev–Trinajstić information content (AvgIpc) is 3.41. The number of thiophene rings is 1. The van der Waals surface area contributed by atoms with E-state index in [1.54, 1.807) is 11.7 Å². The molecule has 0 amide bonds. The summed E-state index contributed by atoms with van der Waals surface area (Å²) in [5, 5.41) is 6.73. The quantitative estimate of drug-likeness (QED) is 0.451. The Kier molecular flexibility index (Phi) is 6.33. The number of aryl methyl sites for hydroxylation is 1. The zero-order valence-electron chi connectivity index (χ0n) is 19.8. The van der Waals surface area contributed by atoms with Gasteiger partial charge in [0.25, 0.3) is 0 Å². The standard InChI is InChI=1S/C25H29FN2O4S/c1-14-15-9-7-11-31-22(15)17(26)13-16(14)19-20(18-10-8-12-33-18)27-28(5)21(19)23(24(29)30-6)32-25(2,3)4/h8,10,12-13,23H,7,9,11H2,1-6H3. The number of hydrogen-bond donors (Lipinski definition) is 0. The molecule has 6 nitrogen and oxygen atoms in total. The Morgan fingerprint density at radius 3 is 2.76 bits per heavy atom. The van der Waals surface area contributed by atoms with E-state index >= 15 is 4.39 Å². The van der Waals surface area contributed by atoms with E-state index in [1.807, 2.05) is 45.2 Å². The molecule has 0 aliphatic carbocycles. The van der Waals surface area contributed by atoms with Gasteiger partial charge in [-0.05, 0) is 69.2 Å². The minimum absolute atomic E-state index is 0.320. The van der Waals surface area contributed by atoms with Gasteiger partial charge in [0.1, 0.15) is 5.69 Å². The lowest BCUT2D eigenvalue weighted by Crippen LogP contribution is -2.30. The van der Waals surface area contributed by atoms with Gasteiger partial charge in [-0.3, -0.25) is 4.68 Å². The maximum Gasteiger partial charge on any atom is 0.341 e. The fraction of sp³-hybridized carbons (Fsp3) is 0.440. The van der Waals surface area contributed by atoms with Crippen molar-refractivity contribution in [3.05, 3.63) is 46.2 Å². The second-order valence-corrected chi connectivity index (χ2v) is 10.1. The number of carbonyl (C=O) groups excluding carboxylic acids is 1. The van der Waals surface area contributed by atoms with Crippen molar-refractivity contribution in [2.45, 2.75) is 52.2 Å². The molecule has 1 unspecified atom stereocenters. The largest absolute Gasteiger partial charge is 0.490 e. The van der Waals surface area contributed by atoms with Crippen LogP contribution in [-0.2, 0) is 27.7 Å². The lowest BCUT2D eigenvalue weighted by Gasteiger charge is -2.27. The molecule has 3 aromatic rings. The molecule has 33 heavy (non-hydrogen) atoms. The molecule has 176 valence electrons. The zero-order valence-corrected chi connectivity index (χ0v) is 20.6. The first kappa shape index (κ1) is 23.4. The van der Waals surface area contributed by atoms with Crippen molar-refractivity contribution in [1.29, 1.82) is 0 Å². The van der Waals surface area contributed by atoms with Gasteiger partial charge in [0.2, 0.25) is 0 Å². The number of esters is 1. The summed E-state index contributed by atoms with van der Waals surface area (Å²) in [4.78, 5) is 13.8. The Morgan fingerprint density at radius 2 is 2.12 bits per heavy atom. The van der Waals surface area contributed by atoms with Gasteiger partial charge in [-0.2, -0.15) is 5.10 Å². The number of ether oxygens (including phenoxy) is 3. The molecular weight excluding hydrogens is 443 g/mol. The number of aromatic nitrogens is 2. The number of rotatable bonds is 5. The lowest BCUT2D eigenvalue weighted by atomic mass is 9.89. The Labute approximate surface area is 197 Å². The number of methoxy groups -OCH3 is 1. The van der Waals surface area contributed by atoms with Crippen LogP contribution in [0.25, 0.3) is 21.7 Å². The van der Waals surface area contributed by atoms with Crippen molar-refractivity contribution in [3.63, 3.8) is 0 Å². The number of carbonyl (C=O) groups is 1. The summed E-state index contributed by atoms with van der Waals surface area (Å²) < 4.78 is 33.8. The lowest BCUT2D eigenvalue weighted by molar-refractivity contribution is -0.165. The maximum atomic E-state index is 15.2. The summed E-state index contributed by atoms with van der Waals surface area (Å²) in [6.07, 6.45) is 0.521. The third-order valence-electron chi connectivity index (χ3n) is 5.69. The van der Waals surface area contributed by atoms with Crippen LogP contribution in [-0.4, -0.2) is 35.1 Å². The molecule has 0 saturated carbocycles. The van der Waals surface area contributed by atoms with Crippen LogP contribution in [0.2, 0.25) is 0 Å². The summed E-state index contributed by atoms with van der Waals surface area (Å²) in [6, 6.07) is 5.39. The summed E-state index contributed by atoms with van der Waals surface area (Å²) >= 11 is 1.53. The van der Waals surface area contributed by atoms with Crippen LogP contribution < -0.4 is 4.74 Å². The Bertz CT molecular complexity index is 1180. The molecule has 1 aromatic carbocycles. The van der Waals surface area contributed by atoms with Gasteiger partial charge in [0.15, 0.2) is 17.7 Å². The molecule has 4 rings (SSSR count). The predicted octanol–water partition coefficient (Wildman–Crippen LogP) is 5.62. The monoisotopic (exact) mass is 472 g/mol. The van der Waals surface area contributed by atoms with Crippen LogP contribution in [0, 0.1) is 12.7 Å². The van der Waals surface area contributed by atoms with Crippen molar-refractivity contribution in [2.75, 3.05) is 13.7 Å². The number of halogens is 1. The predicted molar refractivity (Wildman–Crippen MR) is 126 cm³/mol. The highest BCUT2D eigenvalue weighted by Gasteiger charge is 2.36. The van der Waals surface area contributed by atoms with E-state index in [1.165, 1.54) is 24.5 Å². The van der Waals surface area contributed by atoms with Crippen molar-refractivity contribution >= 4 is 17.3 Å². The van der Waals surface area contributed by atoms with E-state index in [0.29, 0.717) is 34.9 Å². The average molecular weight is 473 g/mol. The first-order valence-electron chi connectivity index (χ1n) is 10.9. The van der Waals surface area contributed by atoms with Gasteiger partial charge in [-0.15, -0.1) is 11.3 Å². The molecule has 2 aromatic heterocycles. The van der Waals surface area contributed by atoms with E-state index < -0.39 is 23.5 Å². The van der Waals surface area contributed by atoms with Crippen molar-refractivity contribution in [1.82, 2.24) is 9.78 Å². The molecule has 0 fully saturated rings. The molecule has 0 radical (unpaired) electrons. The molecule has 0 bridgehead atoms. The van der Waals surface area contributed by atoms with E-state index in [-0.39, 0.29) is 0 Å². The summed E-state index contributed by atoms with van der Waals surface area (Å²) in [5.41, 5.74) is 3.69. The molecule has 1 aliphatic heterocycles. The minimum atomic E-state index is -1.04. The highest BCUT2D eigenvalue weighted by molar-refractivity contribution is 7.13. The number of nitrogens with zero attached hydrogens (tertiary/aromatic N) is 2. The van der Waals surface area contributed by atoms with Gasteiger partial charge < -0.3 is 14.2 Å². The van der Waals surface area contributed by atoms with E-state index in [0.717, 1.165) is 28.8 Å². The summed E-state index contributed by atoms with van der Waals surface area (Å²) in [6.45, 7) is 8.10. The first-order chi connectivity index (χ1) is 15.6. The van der Waals surface area contributed by atoms with E-state index in [9.17, 15) is 4.79 Å². The topological polar surface area (TPSA) is 62.6 Å². The molecule has 1 atom stereocenters. The van der Waals surface area contributed by atoms with Gasteiger partial charge >= 0.3 is 5.97 Å². The third kappa shape index (κ3) is 4.42. The fourth-order valence-electron chi connectivity index (χ4n) is 4.28. The van der Waals surface area contributed by atoms with Gasteiger partial charge in [-0.1, -0.05) is 6.07 Å². The Hall–Kier alpha value is -2.71. The SMILES string of the molecule is COC(=O)C(OC(C)(C)C)c1c(-c2cc(F)c3c(c2C)CCCO3)c(-c2cccs2)nn1C. The highest BCUT2D eigenvalue weighted by Crippen LogP contribution is 2.45. The molecular formula is C25H29FN2O4S. The van der Waals surface area contributed by atoms with Gasteiger partial charge in [0.05, 0.1) is 29.9 Å². The van der Waals surface area contributed by atoms with E-state index in [2.05, 4.69) is 0 Å². The highest BCUT2D eigenvalue weighted by atomic mass is 32.1. The van der Waals surface area contributed by atoms with Crippen LogP contribution in [0.15, 0.2) is 23.6 Å². The molecule has 0 spiro atoms. The Balaban J connectivity index is 2.03. The van der Waals surface area contributed by atoms with E-state index in [4.69, 9.17) is 19.3 Å². The number of hydrogen-bond acceptors (Lipinski definition) is 6. The van der Waals surface area contributed by atoms with Crippen LogP contribution in [0.3, 0.4) is 0 Å². The van der Waals surface area contributed by atoms with Crippen LogP contribution in [0.1, 0.15) is 50.1 Å². The smallest absolute Gasteiger partial charge is 0.341 e. The van der Waals surface area contributed by atoms with Crippen molar-refractivity contribution in [3.8, 4) is 27.4 Å². The van der Waals surface area contributed by atoms with Crippen molar-refractivity contribution < 1.29 is 23.4 Å². The van der Waals surface area contributed by atoms with Crippen molar-refractivity contribution in [2.24, 2.45) is 7.05 Å². The molecule has 0 saturated heterocycles. The molecule has 1 aliphatic rings. The van der Waals surface area contributed by atoms with Gasteiger partial charge in [-0.25, -0.2) is 9.18 Å². The molecule has 3 heterocycles. The van der Waals surface area contributed by atoms with Crippen LogP contribution >= 0.6 is 11.3 Å². The normalized spacial score (nSPS) is 14.5. The van der Waals surface area contributed by atoms with Gasteiger partial charge in [0, 0.05) is 18.2 Å². The van der Waals surface area contributed by atoms with Crippen LogP contribution in [0.5, 0.6) is 5.75 Å². The Morgan fingerprint density at radius 1 is 1.36 bits per heavy atom. The summed E-state index contributed by atoms with van der Waals surface area (Å²) in [7, 11) is 3.10. The zero-order chi connectivity index (χ0) is 23.9. The second-order valence-electron chi connectivity index (χ2n) is 9.13. The second kappa shape index (κ2) is 8.91. The number of benzene rings is 1. The molecule has 8 heteroatoms. The number of fused-ring (bicyclic) bond motifs is 1. The first-order valence-corrected chi connectivity index (χ1v) is 11.8. The fourth-order valence-corrected chi connectivity index (χ4v) is 5.00. The molecule has 0 N–H and O–H groups in total. The minimum Gasteiger partial charge on any atom is -0.490 e. The third-order valence-corrected chi connectivity index (χ3v) is 6.56.